The number of sulfonamides is 1. The number of piperidine rings is 1. The largest absolute Gasteiger partial charge is 0.352 e. The Morgan fingerprint density at radius 3 is 2.26 bits per heavy atom. The second-order valence-corrected chi connectivity index (χ2v) is 10.5. The van der Waals surface area contributed by atoms with Gasteiger partial charge >= 0.3 is 0 Å². The van der Waals surface area contributed by atoms with E-state index in [4.69, 9.17) is 11.6 Å². The van der Waals surface area contributed by atoms with Gasteiger partial charge in [0.15, 0.2) is 0 Å². The Labute approximate surface area is 190 Å². The SMILES string of the molecule is CCc1ccc(CC)c(CNC(=O)C2CCN(S(=O)(=O)Cc3ccc(Cl)cc3)CC2)c1. The molecule has 0 spiro atoms. The molecule has 168 valence electrons. The highest BCUT2D eigenvalue weighted by molar-refractivity contribution is 7.88. The number of hydrogen-bond acceptors (Lipinski definition) is 3. The van der Waals surface area contributed by atoms with Crippen LogP contribution in [0.15, 0.2) is 42.5 Å². The van der Waals surface area contributed by atoms with Crippen molar-refractivity contribution in [1.82, 2.24) is 9.62 Å². The van der Waals surface area contributed by atoms with Gasteiger partial charge in [-0.1, -0.05) is 55.8 Å². The van der Waals surface area contributed by atoms with Crippen molar-refractivity contribution in [3.05, 3.63) is 69.7 Å². The van der Waals surface area contributed by atoms with E-state index >= 15 is 0 Å². The minimum atomic E-state index is -3.41. The smallest absolute Gasteiger partial charge is 0.223 e. The highest BCUT2D eigenvalue weighted by Crippen LogP contribution is 2.23. The molecular formula is C24H31ClN2O3S. The molecule has 0 unspecified atom stereocenters. The van der Waals surface area contributed by atoms with E-state index in [9.17, 15) is 13.2 Å². The van der Waals surface area contributed by atoms with Crippen molar-refractivity contribution in [2.24, 2.45) is 5.92 Å². The Hall–Kier alpha value is -1.89. The molecule has 31 heavy (non-hydrogen) atoms. The van der Waals surface area contributed by atoms with Gasteiger partial charge in [0.05, 0.1) is 5.75 Å². The van der Waals surface area contributed by atoms with Crippen molar-refractivity contribution in [1.29, 1.82) is 0 Å². The Morgan fingerprint density at radius 1 is 1.00 bits per heavy atom. The van der Waals surface area contributed by atoms with Gasteiger partial charge in [-0.15, -0.1) is 0 Å². The minimum Gasteiger partial charge on any atom is -0.352 e. The summed E-state index contributed by atoms with van der Waals surface area (Å²) in [6.07, 6.45) is 2.98. The Bertz CT molecular complexity index is 998. The fourth-order valence-electron chi connectivity index (χ4n) is 4.01. The number of carbonyl (C=O) groups is 1. The molecule has 3 rings (SSSR count). The molecule has 1 heterocycles. The van der Waals surface area contributed by atoms with E-state index in [0.29, 0.717) is 43.1 Å². The lowest BCUT2D eigenvalue weighted by molar-refractivity contribution is -0.126. The summed E-state index contributed by atoms with van der Waals surface area (Å²) in [5.41, 5.74) is 4.39. The Balaban J connectivity index is 1.53. The molecule has 0 atom stereocenters. The fraction of sp³-hybridized carbons (Fsp3) is 0.458. The number of benzene rings is 2. The average Bonchev–Trinajstić information content (AvgIpc) is 2.78. The Kier molecular flexibility index (Phi) is 8.14. The molecule has 2 aromatic carbocycles. The lowest BCUT2D eigenvalue weighted by Gasteiger charge is -2.30. The van der Waals surface area contributed by atoms with E-state index in [1.807, 2.05) is 0 Å². The molecule has 2 aromatic rings. The summed E-state index contributed by atoms with van der Waals surface area (Å²) >= 11 is 5.88. The summed E-state index contributed by atoms with van der Waals surface area (Å²) in [7, 11) is -3.41. The van der Waals surface area contributed by atoms with Crippen molar-refractivity contribution in [3.8, 4) is 0 Å². The lowest BCUT2D eigenvalue weighted by Crippen LogP contribution is -2.43. The van der Waals surface area contributed by atoms with E-state index < -0.39 is 10.0 Å². The van der Waals surface area contributed by atoms with Gasteiger partial charge in [0.1, 0.15) is 0 Å². The zero-order chi connectivity index (χ0) is 22.4. The molecule has 0 bridgehead atoms. The summed E-state index contributed by atoms with van der Waals surface area (Å²) in [5.74, 6) is -0.186. The van der Waals surface area contributed by atoms with Crippen LogP contribution in [0, 0.1) is 5.92 Å². The van der Waals surface area contributed by atoms with Crippen LogP contribution in [0.25, 0.3) is 0 Å². The summed E-state index contributed by atoms with van der Waals surface area (Å²) in [5, 5.41) is 3.66. The third-order valence-corrected chi connectivity index (χ3v) is 8.10. The molecule has 0 aliphatic carbocycles. The van der Waals surface area contributed by atoms with Crippen LogP contribution in [0.3, 0.4) is 0 Å². The molecule has 0 radical (unpaired) electrons. The second-order valence-electron chi connectivity index (χ2n) is 8.08. The number of nitrogens with zero attached hydrogens (tertiary/aromatic N) is 1. The molecule has 7 heteroatoms. The molecule has 5 nitrogen and oxygen atoms in total. The van der Waals surface area contributed by atoms with E-state index in [2.05, 4.69) is 37.4 Å². The first-order valence-corrected chi connectivity index (χ1v) is 12.9. The van der Waals surface area contributed by atoms with Gasteiger partial charge in [-0.3, -0.25) is 4.79 Å². The highest BCUT2D eigenvalue weighted by Gasteiger charge is 2.31. The maximum absolute atomic E-state index is 12.8. The topological polar surface area (TPSA) is 66.5 Å². The van der Waals surface area contributed by atoms with Crippen molar-refractivity contribution in [3.63, 3.8) is 0 Å². The quantitative estimate of drug-likeness (QED) is 0.635. The van der Waals surface area contributed by atoms with Crippen LogP contribution >= 0.6 is 11.6 Å². The molecule has 1 fully saturated rings. The van der Waals surface area contributed by atoms with Crippen molar-refractivity contribution < 1.29 is 13.2 Å². The van der Waals surface area contributed by atoms with Gasteiger partial charge in [0, 0.05) is 30.6 Å². The van der Waals surface area contributed by atoms with Crippen LogP contribution in [0.2, 0.25) is 5.02 Å². The first kappa shape index (κ1) is 23.8. The molecular weight excluding hydrogens is 432 g/mol. The molecule has 0 saturated carbocycles. The molecule has 1 aliphatic heterocycles. The maximum atomic E-state index is 12.8. The van der Waals surface area contributed by atoms with E-state index in [-0.39, 0.29) is 17.6 Å². The van der Waals surface area contributed by atoms with E-state index in [0.717, 1.165) is 18.4 Å². The predicted octanol–water partition coefficient (Wildman–Crippen LogP) is 4.32. The highest BCUT2D eigenvalue weighted by atomic mass is 35.5. The van der Waals surface area contributed by atoms with Crippen LogP contribution in [0.5, 0.6) is 0 Å². The number of carbonyl (C=O) groups excluding carboxylic acids is 1. The van der Waals surface area contributed by atoms with Gasteiger partial charge in [0.2, 0.25) is 15.9 Å². The number of amides is 1. The Morgan fingerprint density at radius 2 is 1.65 bits per heavy atom. The first-order valence-electron chi connectivity index (χ1n) is 10.9. The van der Waals surface area contributed by atoms with Gasteiger partial charge < -0.3 is 5.32 Å². The number of halogens is 1. The monoisotopic (exact) mass is 462 g/mol. The third kappa shape index (κ3) is 6.31. The van der Waals surface area contributed by atoms with Crippen LogP contribution in [0.1, 0.15) is 48.9 Å². The van der Waals surface area contributed by atoms with Gasteiger partial charge in [-0.25, -0.2) is 12.7 Å². The number of rotatable bonds is 8. The summed E-state index contributed by atoms with van der Waals surface area (Å²) in [4.78, 5) is 12.7. The normalized spacial score (nSPS) is 15.7. The van der Waals surface area contributed by atoms with E-state index in [1.54, 1.807) is 24.3 Å². The zero-order valence-electron chi connectivity index (χ0n) is 18.2. The molecule has 1 N–H and O–H groups in total. The average molecular weight is 463 g/mol. The molecule has 1 amide bonds. The summed E-state index contributed by atoms with van der Waals surface area (Å²) < 4.78 is 27.0. The van der Waals surface area contributed by atoms with Crippen molar-refractivity contribution >= 4 is 27.5 Å². The number of aryl methyl sites for hydroxylation is 2. The number of nitrogens with one attached hydrogen (secondary N) is 1. The molecule has 0 aromatic heterocycles. The third-order valence-electron chi connectivity index (χ3n) is 5.99. The minimum absolute atomic E-state index is 0.0127. The van der Waals surface area contributed by atoms with Crippen molar-refractivity contribution in [2.75, 3.05) is 13.1 Å². The van der Waals surface area contributed by atoms with Gasteiger partial charge in [-0.05, 0) is 60.1 Å². The lowest BCUT2D eigenvalue weighted by atomic mass is 9.96. The van der Waals surface area contributed by atoms with Crippen LogP contribution < -0.4 is 5.32 Å². The van der Waals surface area contributed by atoms with Crippen LogP contribution in [-0.4, -0.2) is 31.7 Å². The van der Waals surface area contributed by atoms with Crippen molar-refractivity contribution in [2.45, 2.75) is 51.8 Å². The zero-order valence-corrected chi connectivity index (χ0v) is 19.8. The maximum Gasteiger partial charge on any atom is 0.223 e. The second kappa shape index (κ2) is 10.6. The predicted molar refractivity (Wildman–Crippen MR) is 125 cm³/mol. The van der Waals surface area contributed by atoms with E-state index in [1.165, 1.54) is 15.4 Å². The van der Waals surface area contributed by atoms with Gasteiger partial charge in [0.25, 0.3) is 0 Å². The fourth-order valence-corrected chi connectivity index (χ4v) is 5.70. The summed E-state index contributed by atoms with van der Waals surface area (Å²) in [6, 6.07) is 13.3. The van der Waals surface area contributed by atoms with Crippen LogP contribution in [-0.2, 0) is 40.0 Å². The summed E-state index contributed by atoms with van der Waals surface area (Å²) in [6.45, 7) is 5.51. The van der Waals surface area contributed by atoms with Crippen LogP contribution in [0.4, 0.5) is 0 Å². The number of hydrogen-bond donors (Lipinski definition) is 1. The molecule has 1 aliphatic rings. The van der Waals surface area contributed by atoms with Gasteiger partial charge in [-0.2, -0.15) is 0 Å². The molecule has 1 saturated heterocycles. The standard InChI is InChI=1S/C24H31ClN2O3S/c1-3-18-5-8-20(4-2)22(15-18)16-26-24(28)21-11-13-27(14-12-21)31(29,30)17-19-6-9-23(25)10-7-19/h5-10,15,21H,3-4,11-14,16-17H2,1-2H3,(H,26,28). The first-order chi connectivity index (χ1) is 14.8.